The van der Waals surface area contributed by atoms with Gasteiger partial charge >= 0.3 is 0 Å². The molecular formula is C14H19NO2. The number of carbonyl (C=O) groups is 1. The van der Waals surface area contributed by atoms with Gasteiger partial charge in [-0.3, -0.25) is 9.78 Å². The molecule has 1 unspecified atom stereocenters. The molecule has 1 aromatic heterocycles. The number of aryl methyl sites for hydroxylation is 1. The van der Waals surface area contributed by atoms with Crippen LogP contribution in [-0.4, -0.2) is 24.0 Å². The summed E-state index contributed by atoms with van der Waals surface area (Å²) >= 11 is 0. The quantitative estimate of drug-likeness (QED) is 0.709. The van der Waals surface area contributed by atoms with Gasteiger partial charge in [0.2, 0.25) is 0 Å². The smallest absolute Gasteiger partial charge is 0.142 e. The van der Waals surface area contributed by atoms with Gasteiger partial charge in [-0.1, -0.05) is 6.07 Å². The van der Waals surface area contributed by atoms with Crippen molar-refractivity contribution in [2.75, 3.05) is 13.2 Å². The molecule has 1 aliphatic carbocycles. The topological polar surface area (TPSA) is 39.2 Å². The van der Waals surface area contributed by atoms with E-state index in [1.165, 1.54) is 5.56 Å². The number of rotatable bonds is 6. The minimum Gasteiger partial charge on any atom is -0.382 e. The molecule has 1 aliphatic rings. The Balaban J connectivity index is 1.89. The molecule has 0 aromatic carbocycles. The number of fused-ring (bicyclic) bond motifs is 1. The lowest BCUT2D eigenvalue weighted by molar-refractivity contribution is -0.120. The molecule has 0 saturated carbocycles. The normalized spacial score (nSPS) is 18.1. The molecule has 0 fully saturated rings. The lowest BCUT2D eigenvalue weighted by Crippen LogP contribution is -2.11. The summed E-state index contributed by atoms with van der Waals surface area (Å²) in [6.45, 7) is 3.38. The van der Waals surface area contributed by atoms with Crippen molar-refractivity contribution in [1.82, 2.24) is 4.98 Å². The summed E-state index contributed by atoms with van der Waals surface area (Å²) in [5, 5.41) is 0. The number of nitrogens with zero attached hydrogens (tertiary/aromatic N) is 1. The lowest BCUT2D eigenvalue weighted by atomic mass is 9.98. The van der Waals surface area contributed by atoms with Gasteiger partial charge in [0.1, 0.15) is 5.78 Å². The van der Waals surface area contributed by atoms with Crippen molar-refractivity contribution in [2.24, 2.45) is 0 Å². The summed E-state index contributed by atoms with van der Waals surface area (Å²) in [6, 6.07) is 4.02. The Hall–Kier alpha value is -1.22. The number of hydrogen-bond donors (Lipinski definition) is 0. The Morgan fingerprint density at radius 2 is 2.47 bits per heavy atom. The zero-order valence-corrected chi connectivity index (χ0v) is 10.3. The number of hydrogen-bond acceptors (Lipinski definition) is 3. The van der Waals surface area contributed by atoms with Crippen LogP contribution >= 0.6 is 0 Å². The van der Waals surface area contributed by atoms with E-state index < -0.39 is 0 Å². The van der Waals surface area contributed by atoms with Crippen LogP contribution in [0.1, 0.15) is 43.4 Å². The van der Waals surface area contributed by atoms with Gasteiger partial charge < -0.3 is 4.74 Å². The molecule has 0 saturated heterocycles. The molecule has 17 heavy (non-hydrogen) atoms. The zero-order valence-electron chi connectivity index (χ0n) is 10.3. The van der Waals surface area contributed by atoms with Crippen LogP contribution in [0, 0.1) is 0 Å². The molecule has 0 spiro atoms. The van der Waals surface area contributed by atoms with E-state index in [2.05, 4.69) is 11.1 Å². The van der Waals surface area contributed by atoms with E-state index in [1.54, 1.807) is 6.20 Å². The second-order valence-corrected chi connectivity index (χ2v) is 4.41. The van der Waals surface area contributed by atoms with Crippen LogP contribution in [0.5, 0.6) is 0 Å². The first-order chi connectivity index (χ1) is 8.33. The van der Waals surface area contributed by atoms with Gasteiger partial charge in [0.25, 0.3) is 0 Å². The molecule has 2 rings (SSSR count). The Labute approximate surface area is 102 Å². The number of carbonyl (C=O) groups excluding carboxylic acids is 1. The third-order valence-electron chi connectivity index (χ3n) is 3.26. The predicted octanol–water partition coefficient (Wildman–Crippen LogP) is 2.50. The maximum atomic E-state index is 12.1. The maximum absolute atomic E-state index is 12.1. The maximum Gasteiger partial charge on any atom is 0.142 e. The molecular weight excluding hydrogens is 214 g/mol. The molecule has 1 atom stereocenters. The Kier molecular flexibility index (Phi) is 4.26. The summed E-state index contributed by atoms with van der Waals surface area (Å²) < 4.78 is 5.25. The van der Waals surface area contributed by atoms with E-state index in [-0.39, 0.29) is 5.92 Å². The molecule has 3 heteroatoms. The highest BCUT2D eigenvalue weighted by atomic mass is 16.5. The summed E-state index contributed by atoms with van der Waals surface area (Å²) in [4.78, 5) is 16.4. The van der Waals surface area contributed by atoms with Gasteiger partial charge in [-0.05, 0) is 37.8 Å². The highest BCUT2D eigenvalue weighted by Gasteiger charge is 2.28. The molecule has 1 heterocycles. The van der Waals surface area contributed by atoms with Crippen molar-refractivity contribution in [3.63, 3.8) is 0 Å². The molecule has 0 aliphatic heterocycles. The summed E-state index contributed by atoms with van der Waals surface area (Å²) in [5.74, 6) is 0.356. The average molecular weight is 233 g/mol. The highest BCUT2D eigenvalue weighted by molar-refractivity contribution is 5.86. The van der Waals surface area contributed by atoms with Crippen molar-refractivity contribution < 1.29 is 9.53 Å². The monoisotopic (exact) mass is 233 g/mol. The van der Waals surface area contributed by atoms with Gasteiger partial charge in [-0.2, -0.15) is 0 Å². The van der Waals surface area contributed by atoms with Crippen LogP contribution in [0.2, 0.25) is 0 Å². The molecule has 0 N–H and O–H groups in total. The van der Waals surface area contributed by atoms with E-state index in [0.29, 0.717) is 18.8 Å². The van der Waals surface area contributed by atoms with Gasteiger partial charge in [-0.25, -0.2) is 0 Å². The van der Waals surface area contributed by atoms with Crippen LogP contribution in [0.25, 0.3) is 0 Å². The highest BCUT2D eigenvalue weighted by Crippen LogP contribution is 2.32. The summed E-state index contributed by atoms with van der Waals surface area (Å²) in [5.41, 5.74) is 2.25. The fourth-order valence-corrected chi connectivity index (χ4v) is 2.39. The third kappa shape index (κ3) is 2.91. The molecule has 92 valence electrons. The first-order valence-electron chi connectivity index (χ1n) is 6.37. The molecule has 1 aromatic rings. The SMILES string of the molecule is CCOCCCC(=O)C1CCc2cccnc21. The van der Waals surface area contributed by atoms with E-state index >= 15 is 0 Å². The molecule has 0 radical (unpaired) electrons. The van der Waals surface area contributed by atoms with Crippen LogP contribution in [0.3, 0.4) is 0 Å². The molecule has 0 bridgehead atoms. The van der Waals surface area contributed by atoms with E-state index in [9.17, 15) is 4.79 Å². The first-order valence-corrected chi connectivity index (χ1v) is 6.37. The van der Waals surface area contributed by atoms with Crippen molar-refractivity contribution in [3.05, 3.63) is 29.6 Å². The van der Waals surface area contributed by atoms with Gasteiger partial charge in [-0.15, -0.1) is 0 Å². The minimum absolute atomic E-state index is 0.0350. The van der Waals surface area contributed by atoms with Crippen molar-refractivity contribution in [1.29, 1.82) is 0 Å². The molecule has 0 amide bonds. The number of aromatic nitrogens is 1. The van der Waals surface area contributed by atoms with Gasteiger partial charge in [0, 0.05) is 25.8 Å². The number of ether oxygens (including phenoxy) is 1. The number of ketones is 1. The van der Waals surface area contributed by atoms with E-state index in [0.717, 1.165) is 31.6 Å². The summed E-state index contributed by atoms with van der Waals surface area (Å²) in [7, 11) is 0. The predicted molar refractivity (Wildman–Crippen MR) is 66.0 cm³/mol. The fourth-order valence-electron chi connectivity index (χ4n) is 2.39. The van der Waals surface area contributed by atoms with Crippen LogP contribution < -0.4 is 0 Å². The van der Waals surface area contributed by atoms with Crippen LogP contribution in [-0.2, 0) is 16.0 Å². The Morgan fingerprint density at radius 3 is 3.29 bits per heavy atom. The second-order valence-electron chi connectivity index (χ2n) is 4.41. The summed E-state index contributed by atoms with van der Waals surface area (Å²) in [6.07, 6.45) is 5.14. The number of Topliss-reactive ketones (excluding diaryl/α,β-unsaturated/α-hetero) is 1. The van der Waals surface area contributed by atoms with Gasteiger partial charge in [0.05, 0.1) is 11.6 Å². The Morgan fingerprint density at radius 1 is 1.59 bits per heavy atom. The van der Waals surface area contributed by atoms with Crippen molar-refractivity contribution in [2.45, 2.75) is 38.5 Å². The third-order valence-corrected chi connectivity index (χ3v) is 3.26. The standard InChI is InChI=1S/C14H19NO2/c1-2-17-10-4-6-13(16)12-8-7-11-5-3-9-15-14(11)12/h3,5,9,12H,2,4,6-8,10H2,1H3. The van der Waals surface area contributed by atoms with Crippen LogP contribution in [0.15, 0.2) is 18.3 Å². The fraction of sp³-hybridized carbons (Fsp3) is 0.571. The Bertz CT molecular complexity index is 390. The van der Waals surface area contributed by atoms with E-state index in [1.807, 2.05) is 13.0 Å². The number of pyridine rings is 1. The van der Waals surface area contributed by atoms with Crippen LogP contribution in [0.4, 0.5) is 0 Å². The van der Waals surface area contributed by atoms with Crippen molar-refractivity contribution in [3.8, 4) is 0 Å². The van der Waals surface area contributed by atoms with E-state index in [4.69, 9.17) is 4.74 Å². The minimum atomic E-state index is 0.0350. The lowest BCUT2D eigenvalue weighted by Gasteiger charge is -2.09. The molecule has 3 nitrogen and oxygen atoms in total. The largest absolute Gasteiger partial charge is 0.382 e. The van der Waals surface area contributed by atoms with Crippen molar-refractivity contribution >= 4 is 5.78 Å². The second kappa shape index (κ2) is 5.92. The average Bonchev–Trinajstić information content (AvgIpc) is 2.78. The van der Waals surface area contributed by atoms with Gasteiger partial charge in [0.15, 0.2) is 0 Å². The first kappa shape index (κ1) is 12.2. The zero-order chi connectivity index (χ0) is 12.1.